The van der Waals surface area contributed by atoms with Crippen LogP contribution in [0.3, 0.4) is 0 Å². The molecule has 0 atom stereocenters. The fraction of sp³-hybridized carbons (Fsp3) is 0.343. The summed E-state index contributed by atoms with van der Waals surface area (Å²) in [6.45, 7) is 3.41. The van der Waals surface area contributed by atoms with E-state index < -0.39 is 0 Å². The van der Waals surface area contributed by atoms with Crippen molar-refractivity contribution in [2.75, 3.05) is 0 Å². The van der Waals surface area contributed by atoms with Gasteiger partial charge in [-0.25, -0.2) is 0 Å². The van der Waals surface area contributed by atoms with Crippen LogP contribution < -0.4 is 21.5 Å². The third-order valence-electron chi connectivity index (χ3n) is 8.35. The molecule has 0 saturated carbocycles. The van der Waals surface area contributed by atoms with E-state index in [1.54, 1.807) is 11.1 Å². The van der Waals surface area contributed by atoms with Gasteiger partial charge in [0.2, 0.25) is 11.4 Å². The monoisotopic (exact) mass is 551 g/mol. The molecule has 0 spiro atoms. The number of benzene rings is 3. The molecule has 1 nitrogen and oxygen atoms in total. The lowest BCUT2D eigenvalue weighted by atomic mass is 9.77. The van der Waals surface area contributed by atoms with Crippen molar-refractivity contribution >= 4 is 0 Å². The van der Waals surface area contributed by atoms with Gasteiger partial charge in [0.15, 0.2) is 0 Å². The lowest BCUT2D eigenvalue weighted by molar-refractivity contribution is -0.676. The number of halogens is 1. The highest BCUT2D eigenvalue weighted by Gasteiger charge is 2.37. The van der Waals surface area contributed by atoms with E-state index in [9.17, 15) is 0 Å². The lowest BCUT2D eigenvalue weighted by Crippen LogP contribution is -3.00. The predicted octanol–water partition coefficient (Wildman–Crippen LogP) is 5.54. The summed E-state index contributed by atoms with van der Waals surface area (Å²) in [5.41, 5.74) is 14.9. The highest BCUT2D eigenvalue weighted by molar-refractivity contribution is 5.85. The molecule has 6 rings (SSSR count). The van der Waals surface area contributed by atoms with Crippen molar-refractivity contribution in [3.63, 3.8) is 0 Å². The summed E-state index contributed by atoms with van der Waals surface area (Å²) in [5.74, 6) is 0. The van der Waals surface area contributed by atoms with Crippen LogP contribution in [-0.2, 0) is 32.2 Å². The highest BCUT2D eigenvalue weighted by Crippen LogP contribution is 2.44. The second kappa shape index (κ2) is 11.8. The largest absolute Gasteiger partial charge is 1.00 e. The smallest absolute Gasteiger partial charge is 0.217 e. The fourth-order valence-corrected chi connectivity index (χ4v) is 6.64. The van der Waals surface area contributed by atoms with Crippen molar-refractivity contribution in [1.82, 2.24) is 0 Å². The van der Waals surface area contributed by atoms with Crippen LogP contribution in [0.2, 0.25) is 0 Å². The van der Waals surface area contributed by atoms with E-state index in [1.165, 1.54) is 83.3 Å². The molecule has 2 aliphatic carbocycles. The molecule has 3 aromatic carbocycles. The Labute approximate surface area is 233 Å². The Balaban J connectivity index is 0.00000280. The van der Waals surface area contributed by atoms with Gasteiger partial charge in [-0.2, -0.15) is 4.57 Å². The summed E-state index contributed by atoms with van der Waals surface area (Å²) in [6.07, 6.45) is 12.5. The summed E-state index contributed by atoms with van der Waals surface area (Å²) in [7, 11) is 0. The number of rotatable bonds is 8. The lowest BCUT2D eigenvalue weighted by Gasteiger charge is -2.28. The molecule has 0 unspecified atom stereocenters. The Kier molecular flexibility index (Phi) is 8.25. The van der Waals surface area contributed by atoms with Crippen LogP contribution in [0.25, 0.3) is 33.6 Å². The first kappa shape index (κ1) is 25.9. The zero-order chi connectivity index (χ0) is 24.3. The molecule has 2 aliphatic rings. The standard InChI is InChI=1S/C35H38N.BrH/c1-2-3-4-5-6-14-25-36-34-29-19-12-10-15-26(29)21-23-31(34)33(28-17-8-7-9-18-28)32-24-22-27-16-11-13-20-30(27)35(32)36;/h7-13,15-20H,2-6,14,21-25H2,1H3;1H/q+1;/p-1. The van der Waals surface area contributed by atoms with E-state index in [4.69, 9.17) is 0 Å². The van der Waals surface area contributed by atoms with E-state index >= 15 is 0 Å². The van der Waals surface area contributed by atoms with Gasteiger partial charge in [-0.15, -0.1) is 0 Å². The maximum absolute atomic E-state index is 2.76. The topological polar surface area (TPSA) is 3.88 Å². The summed E-state index contributed by atoms with van der Waals surface area (Å²) >= 11 is 0. The molecule has 0 amide bonds. The van der Waals surface area contributed by atoms with Gasteiger partial charge in [-0.05, 0) is 60.9 Å². The molecular formula is C35H38BrN. The van der Waals surface area contributed by atoms with Crippen molar-refractivity contribution in [2.45, 2.75) is 77.7 Å². The third kappa shape index (κ3) is 4.93. The van der Waals surface area contributed by atoms with Gasteiger partial charge in [0.05, 0.1) is 0 Å². The van der Waals surface area contributed by atoms with E-state index in [0.29, 0.717) is 0 Å². The number of hydrogen-bond acceptors (Lipinski definition) is 0. The Morgan fingerprint density at radius 1 is 0.568 bits per heavy atom. The van der Waals surface area contributed by atoms with Crippen LogP contribution >= 0.6 is 0 Å². The number of fused-ring (bicyclic) bond motifs is 6. The second-order valence-electron chi connectivity index (χ2n) is 10.6. The maximum atomic E-state index is 2.76. The number of nitrogens with zero attached hydrogens (tertiary/aromatic N) is 1. The van der Waals surface area contributed by atoms with Gasteiger partial charge < -0.3 is 17.0 Å². The van der Waals surface area contributed by atoms with Crippen LogP contribution in [0.5, 0.6) is 0 Å². The minimum Gasteiger partial charge on any atom is -1.00 e. The molecule has 0 bridgehead atoms. The molecule has 0 saturated heterocycles. The zero-order valence-corrected chi connectivity index (χ0v) is 23.7. The van der Waals surface area contributed by atoms with Crippen molar-refractivity contribution in [3.05, 3.63) is 101 Å². The highest BCUT2D eigenvalue weighted by atomic mass is 79.9. The molecular weight excluding hydrogens is 514 g/mol. The molecule has 2 heteroatoms. The van der Waals surface area contributed by atoms with Gasteiger partial charge in [0.25, 0.3) is 0 Å². The number of aryl methyl sites for hydroxylation is 2. The van der Waals surface area contributed by atoms with Gasteiger partial charge in [-0.1, -0.05) is 99.3 Å². The van der Waals surface area contributed by atoms with Crippen LogP contribution in [0.1, 0.15) is 67.7 Å². The molecule has 0 aliphatic heterocycles. The fourth-order valence-electron chi connectivity index (χ4n) is 6.64. The normalized spacial score (nSPS) is 13.1. The van der Waals surface area contributed by atoms with Crippen LogP contribution in [0.15, 0.2) is 78.9 Å². The SMILES string of the molecule is CCCCCCCC[n+]1c2c(c(-c3ccccc3)c3c1-c1ccccc1CC3)CCc1ccccc1-2.[Br-]. The predicted molar refractivity (Wildman–Crippen MR) is 151 cm³/mol. The molecule has 0 radical (unpaired) electrons. The first-order chi connectivity index (χ1) is 17.9. The zero-order valence-electron chi connectivity index (χ0n) is 22.1. The van der Waals surface area contributed by atoms with E-state index in [1.807, 2.05) is 0 Å². The van der Waals surface area contributed by atoms with Crippen molar-refractivity contribution in [2.24, 2.45) is 0 Å². The van der Waals surface area contributed by atoms with Crippen LogP contribution in [0, 0.1) is 0 Å². The summed E-state index contributed by atoms with van der Waals surface area (Å²) in [4.78, 5) is 0. The molecule has 0 N–H and O–H groups in total. The minimum atomic E-state index is 0. The third-order valence-corrected chi connectivity index (χ3v) is 8.35. The number of hydrogen-bond donors (Lipinski definition) is 0. The molecule has 4 aromatic rings. The number of aromatic nitrogens is 1. The first-order valence-electron chi connectivity index (χ1n) is 14.2. The van der Waals surface area contributed by atoms with Crippen molar-refractivity contribution in [3.8, 4) is 33.6 Å². The molecule has 1 aromatic heterocycles. The molecule has 190 valence electrons. The average molecular weight is 553 g/mol. The minimum absolute atomic E-state index is 0. The maximum Gasteiger partial charge on any atom is 0.217 e. The summed E-state index contributed by atoms with van der Waals surface area (Å²) in [5, 5.41) is 0. The van der Waals surface area contributed by atoms with Gasteiger partial charge in [0.1, 0.15) is 6.54 Å². The quantitative estimate of drug-likeness (QED) is 0.200. The molecule has 1 heterocycles. The van der Waals surface area contributed by atoms with Crippen LogP contribution in [-0.4, -0.2) is 0 Å². The van der Waals surface area contributed by atoms with Gasteiger partial charge in [-0.3, -0.25) is 0 Å². The van der Waals surface area contributed by atoms with Crippen molar-refractivity contribution < 1.29 is 21.5 Å². The Morgan fingerprint density at radius 3 is 1.68 bits per heavy atom. The van der Waals surface area contributed by atoms with Gasteiger partial charge in [0, 0.05) is 34.2 Å². The van der Waals surface area contributed by atoms with Gasteiger partial charge >= 0.3 is 0 Å². The van der Waals surface area contributed by atoms with E-state index in [2.05, 4.69) is 90.4 Å². The van der Waals surface area contributed by atoms with Crippen molar-refractivity contribution in [1.29, 1.82) is 0 Å². The second-order valence-corrected chi connectivity index (χ2v) is 10.6. The van der Waals surface area contributed by atoms with E-state index in [0.717, 1.165) is 32.2 Å². The van der Waals surface area contributed by atoms with E-state index in [-0.39, 0.29) is 17.0 Å². The number of pyridine rings is 1. The number of unbranched alkanes of at least 4 members (excludes halogenated alkanes) is 5. The first-order valence-corrected chi connectivity index (χ1v) is 14.2. The average Bonchev–Trinajstić information content (AvgIpc) is 2.94. The Bertz CT molecular complexity index is 1300. The summed E-state index contributed by atoms with van der Waals surface area (Å²) in [6, 6.07) is 29.6. The summed E-state index contributed by atoms with van der Waals surface area (Å²) < 4.78 is 2.76. The Hall–Kier alpha value is -2.71. The molecule has 0 fully saturated rings. The van der Waals surface area contributed by atoms with Crippen LogP contribution in [0.4, 0.5) is 0 Å². The Morgan fingerprint density at radius 2 is 1.08 bits per heavy atom. The molecule has 37 heavy (non-hydrogen) atoms.